The van der Waals surface area contributed by atoms with Crippen molar-refractivity contribution in [2.75, 3.05) is 25.1 Å². The lowest BCUT2D eigenvalue weighted by Crippen LogP contribution is -2.31. The van der Waals surface area contributed by atoms with Crippen LogP contribution < -0.4 is 10.6 Å². The van der Waals surface area contributed by atoms with Crippen LogP contribution in [0.4, 0.5) is 5.69 Å². The van der Waals surface area contributed by atoms with Crippen LogP contribution in [0.1, 0.15) is 18.9 Å². The van der Waals surface area contributed by atoms with Gasteiger partial charge in [-0.25, -0.2) is 0 Å². The van der Waals surface area contributed by atoms with Crippen LogP contribution in [0.15, 0.2) is 22.7 Å². The molecule has 0 aromatic heterocycles. The highest BCUT2D eigenvalue weighted by Gasteiger charge is 2.13. The van der Waals surface area contributed by atoms with Crippen molar-refractivity contribution in [1.82, 2.24) is 0 Å². The molecular formula is C13H17BrN2O2S. The van der Waals surface area contributed by atoms with E-state index in [9.17, 15) is 4.79 Å². The second-order valence-electron chi connectivity index (χ2n) is 4.03. The molecule has 0 fully saturated rings. The van der Waals surface area contributed by atoms with Crippen molar-refractivity contribution >= 4 is 44.8 Å². The summed E-state index contributed by atoms with van der Waals surface area (Å²) in [6.45, 7) is 3.06. The van der Waals surface area contributed by atoms with Crippen LogP contribution in [0, 0.1) is 0 Å². The van der Waals surface area contributed by atoms with Gasteiger partial charge in [-0.15, -0.1) is 0 Å². The topological polar surface area (TPSA) is 55.6 Å². The van der Waals surface area contributed by atoms with Gasteiger partial charge in [-0.05, 0) is 40.5 Å². The molecule has 0 amide bonds. The van der Waals surface area contributed by atoms with Gasteiger partial charge in [0, 0.05) is 22.3 Å². The predicted molar refractivity (Wildman–Crippen MR) is 84.5 cm³/mol. The normalized spacial score (nSPS) is 10.1. The Bertz CT molecular complexity index is 480. The van der Waals surface area contributed by atoms with Crippen LogP contribution in [-0.2, 0) is 9.53 Å². The quantitative estimate of drug-likeness (QED) is 0.634. The molecule has 0 aliphatic carbocycles. The number of rotatable bonds is 6. The van der Waals surface area contributed by atoms with E-state index in [1.54, 1.807) is 0 Å². The highest BCUT2D eigenvalue weighted by molar-refractivity contribution is 9.10. The molecule has 1 aromatic rings. The van der Waals surface area contributed by atoms with Crippen LogP contribution >= 0.6 is 28.1 Å². The molecule has 0 unspecified atom stereocenters. The SMILES string of the molecule is CCCN(CC(=O)OC)c1ccc(C(N)=S)c(Br)c1. The molecule has 1 aromatic carbocycles. The lowest BCUT2D eigenvalue weighted by molar-refractivity contribution is -0.138. The van der Waals surface area contributed by atoms with E-state index >= 15 is 0 Å². The second-order valence-corrected chi connectivity index (χ2v) is 5.32. The number of methoxy groups -OCH3 is 1. The summed E-state index contributed by atoms with van der Waals surface area (Å²) in [5, 5.41) is 0. The summed E-state index contributed by atoms with van der Waals surface area (Å²) in [4.78, 5) is 13.7. The van der Waals surface area contributed by atoms with E-state index in [2.05, 4.69) is 22.9 Å². The van der Waals surface area contributed by atoms with Crippen molar-refractivity contribution < 1.29 is 9.53 Å². The van der Waals surface area contributed by atoms with Crippen molar-refractivity contribution in [3.63, 3.8) is 0 Å². The largest absolute Gasteiger partial charge is 0.468 e. The molecule has 6 heteroatoms. The first-order valence-corrected chi connectivity index (χ1v) is 7.10. The molecule has 4 nitrogen and oxygen atoms in total. The zero-order valence-corrected chi connectivity index (χ0v) is 13.4. The second kappa shape index (κ2) is 7.45. The van der Waals surface area contributed by atoms with Crippen molar-refractivity contribution in [2.45, 2.75) is 13.3 Å². The zero-order chi connectivity index (χ0) is 14.4. The number of carbonyl (C=O) groups excluding carboxylic acids is 1. The van der Waals surface area contributed by atoms with E-state index in [0.717, 1.165) is 28.7 Å². The maximum Gasteiger partial charge on any atom is 0.325 e. The van der Waals surface area contributed by atoms with E-state index in [4.69, 9.17) is 22.7 Å². The number of hydrogen-bond acceptors (Lipinski definition) is 4. The van der Waals surface area contributed by atoms with Gasteiger partial charge in [-0.3, -0.25) is 4.79 Å². The smallest absolute Gasteiger partial charge is 0.325 e. The molecule has 19 heavy (non-hydrogen) atoms. The van der Waals surface area contributed by atoms with Gasteiger partial charge < -0.3 is 15.4 Å². The zero-order valence-electron chi connectivity index (χ0n) is 11.0. The van der Waals surface area contributed by atoms with Gasteiger partial charge in [0.05, 0.1) is 7.11 Å². The number of thiocarbonyl (C=S) groups is 1. The first-order chi connectivity index (χ1) is 8.99. The molecule has 0 radical (unpaired) electrons. The van der Waals surface area contributed by atoms with Crippen molar-refractivity contribution in [2.24, 2.45) is 5.73 Å². The van der Waals surface area contributed by atoms with Gasteiger partial charge in [0.15, 0.2) is 0 Å². The Morgan fingerprint density at radius 3 is 2.68 bits per heavy atom. The summed E-state index contributed by atoms with van der Waals surface area (Å²) in [5.41, 5.74) is 7.33. The minimum atomic E-state index is -0.261. The van der Waals surface area contributed by atoms with Gasteiger partial charge in [0.1, 0.15) is 11.5 Å². The standard InChI is InChI=1S/C13H17BrN2O2S/c1-3-6-16(8-12(17)18-2)9-4-5-10(13(15)19)11(14)7-9/h4-5,7H,3,6,8H2,1-2H3,(H2,15,19). The molecule has 0 heterocycles. The predicted octanol–water partition coefficient (Wildman–Crippen LogP) is 2.47. The number of nitrogens with zero attached hydrogens (tertiary/aromatic N) is 1. The van der Waals surface area contributed by atoms with Gasteiger partial charge in [0.25, 0.3) is 0 Å². The lowest BCUT2D eigenvalue weighted by atomic mass is 10.2. The number of benzene rings is 1. The van der Waals surface area contributed by atoms with E-state index in [0.29, 0.717) is 4.99 Å². The highest BCUT2D eigenvalue weighted by atomic mass is 79.9. The number of nitrogens with two attached hydrogens (primary N) is 1. The Morgan fingerprint density at radius 1 is 1.53 bits per heavy atom. The summed E-state index contributed by atoms with van der Waals surface area (Å²) in [5.74, 6) is -0.261. The third-order valence-electron chi connectivity index (χ3n) is 2.62. The molecule has 2 N–H and O–H groups in total. The average molecular weight is 345 g/mol. The Balaban J connectivity index is 2.99. The Labute approximate surface area is 127 Å². The fourth-order valence-corrected chi connectivity index (χ4v) is 2.58. The molecule has 0 saturated heterocycles. The van der Waals surface area contributed by atoms with Gasteiger partial charge >= 0.3 is 5.97 Å². The third-order valence-corrected chi connectivity index (χ3v) is 3.50. The molecule has 0 atom stereocenters. The maximum atomic E-state index is 11.4. The summed E-state index contributed by atoms with van der Waals surface area (Å²) >= 11 is 8.40. The summed E-state index contributed by atoms with van der Waals surface area (Å²) in [6.07, 6.45) is 0.936. The first-order valence-electron chi connectivity index (χ1n) is 5.90. The van der Waals surface area contributed by atoms with E-state index < -0.39 is 0 Å². The van der Waals surface area contributed by atoms with E-state index in [1.807, 2.05) is 23.1 Å². The van der Waals surface area contributed by atoms with Gasteiger partial charge in [-0.2, -0.15) is 0 Å². The van der Waals surface area contributed by atoms with Crippen LogP contribution in [0.2, 0.25) is 0 Å². The van der Waals surface area contributed by atoms with Gasteiger partial charge in [-0.1, -0.05) is 19.1 Å². The molecule has 0 aliphatic heterocycles. The molecule has 104 valence electrons. The fraction of sp³-hybridized carbons (Fsp3) is 0.385. The Kier molecular flexibility index (Phi) is 6.24. The van der Waals surface area contributed by atoms with Crippen LogP contribution in [0.25, 0.3) is 0 Å². The molecule has 1 rings (SSSR count). The highest BCUT2D eigenvalue weighted by Crippen LogP contribution is 2.24. The average Bonchev–Trinajstić information content (AvgIpc) is 2.37. The monoisotopic (exact) mass is 344 g/mol. The van der Waals surface area contributed by atoms with E-state index in [-0.39, 0.29) is 12.5 Å². The number of ether oxygens (including phenoxy) is 1. The Morgan fingerprint density at radius 2 is 2.21 bits per heavy atom. The van der Waals surface area contributed by atoms with Crippen molar-refractivity contribution in [1.29, 1.82) is 0 Å². The maximum absolute atomic E-state index is 11.4. The van der Waals surface area contributed by atoms with Crippen molar-refractivity contribution in [3.05, 3.63) is 28.2 Å². The number of halogens is 1. The van der Waals surface area contributed by atoms with Gasteiger partial charge in [0.2, 0.25) is 0 Å². The van der Waals surface area contributed by atoms with Crippen LogP contribution in [0.5, 0.6) is 0 Å². The number of hydrogen-bond donors (Lipinski definition) is 1. The first kappa shape index (κ1) is 15.9. The van der Waals surface area contributed by atoms with Crippen molar-refractivity contribution in [3.8, 4) is 0 Å². The summed E-state index contributed by atoms with van der Waals surface area (Å²) < 4.78 is 5.53. The Hall–Kier alpha value is -1.14. The molecule has 0 aliphatic rings. The fourth-order valence-electron chi connectivity index (χ4n) is 1.69. The minimum Gasteiger partial charge on any atom is -0.468 e. The molecule has 0 spiro atoms. The summed E-state index contributed by atoms with van der Waals surface area (Å²) in [7, 11) is 1.39. The summed E-state index contributed by atoms with van der Waals surface area (Å²) in [6, 6.07) is 5.66. The van der Waals surface area contributed by atoms with E-state index in [1.165, 1.54) is 7.11 Å². The number of esters is 1. The minimum absolute atomic E-state index is 0.225. The lowest BCUT2D eigenvalue weighted by Gasteiger charge is -2.23. The number of anilines is 1. The van der Waals surface area contributed by atoms with Crippen LogP contribution in [0.3, 0.4) is 0 Å². The number of carbonyl (C=O) groups is 1. The third kappa shape index (κ3) is 4.47. The molecule has 0 bridgehead atoms. The molecular weight excluding hydrogens is 328 g/mol. The molecule has 0 saturated carbocycles. The van der Waals surface area contributed by atoms with Crippen LogP contribution in [-0.4, -0.2) is 31.2 Å².